The number of H-pyrrole nitrogens is 1. The lowest BCUT2D eigenvalue weighted by Gasteiger charge is -2.33. The van der Waals surface area contributed by atoms with Gasteiger partial charge in [0.1, 0.15) is 11.7 Å². The predicted octanol–water partition coefficient (Wildman–Crippen LogP) is 5.37. The number of imidazole rings is 1. The third-order valence-electron chi connectivity index (χ3n) is 6.82. The average Bonchev–Trinajstić information content (AvgIpc) is 3.32. The largest absolute Gasteiger partial charge is 0.340 e. The summed E-state index contributed by atoms with van der Waals surface area (Å²) in [5, 5.41) is 19.9. The lowest BCUT2D eigenvalue weighted by Crippen LogP contribution is -2.44. The van der Waals surface area contributed by atoms with Gasteiger partial charge < -0.3 is 9.88 Å². The molecule has 2 heterocycles. The van der Waals surface area contributed by atoms with Crippen LogP contribution in [0.2, 0.25) is 0 Å². The van der Waals surface area contributed by atoms with E-state index in [1.54, 1.807) is 0 Å². The molecule has 0 spiro atoms. The van der Waals surface area contributed by atoms with Gasteiger partial charge in [-0.2, -0.15) is 5.26 Å². The normalized spacial score (nSPS) is 24.6. The van der Waals surface area contributed by atoms with Crippen molar-refractivity contribution in [3.05, 3.63) is 65.5 Å². The Bertz CT molecular complexity index is 1170. The lowest BCUT2D eigenvalue weighted by molar-refractivity contribution is 0.322. The minimum Gasteiger partial charge on any atom is -0.340 e. The van der Waals surface area contributed by atoms with Crippen LogP contribution >= 0.6 is 12.2 Å². The number of amidine groups is 1. The first-order valence-corrected chi connectivity index (χ1v) is 11.3. The van der Waals surface area contributed by atoms with Gasteiger partial charge in [0, 0.05) is 6.04 Å². The van der Waals surface area contributed by atoms with Crippen LogP contribution in [-0.4, -0.2) is 31.7 Å². The zero-order valence-electron chi connectivity index (χ0n) is 17.6. The summed E-state index contributed by atoms with van der Waals surface area (Å²) >= 11 is 6.02. The SMILES string of the molecule is Cc1ccc(C2C(=S)N(C3CCCCC3)C(=N)C2(C#N)c2nc3ccccc3[nH]2)cc1. The molecule has 2 aromatic carbocycles. The number of likely N-dealkylation sites (tertiary alicyclic amines) is 1. The van der Waals surface area contributed by atoms with E-state index in [-0.39, 0.29) is 11.9 Å². The van der Waals surface area contributed by atoms with Crippen molar-refractivity contribution < 1.29 is 0 Å². The molecule has 0 amide bonds. The van der Waals surface area contributed by atoms with E-state index in [1.807, 2.05) is 60.4 Å². The molecule has 1 saturated carbocycles. The lowest BCUT2D eigenvalue weighted by atomic mass is 9.74. The smallest absolute Gasteiger partial charge is 0.185 e. The summed E-state index contributed by atoms with van der Waals surface area (Å²) in [6, 6.07) is 18.6. The van der Waals surface area contributed by atoms with E-state index in [2.05, 4.69) is 11.1 Å². The number of nitrogens with zero attached hydrogens (tertiary/aromatic N) is 3. The van der Waals surface area contributed by atoms with E-state index in [9.17, 15) is 10.7 Å². The van der Waals surface area contributed by atoms with Crippen molar-refractivity contribution in [2.24, 2.45) is 0 Å². The molecule has 1 aliphatic heterocycles. The number of thiocarbonyl (C=S) groups is 1. The van der Waals surface area contributed by atoms with Crippen LogP contribution in [0.5, 0.6) is 0 Å². The second-order valence-electron chi connectivity index (χ2n) is 8.71. The Hall–Kier alpha value is -3.04. The van der Waals surface area contributed by atoms with Gasteiger partial charge in [0.05, 0.1) is 28.0 Å². The second kappa shape index (κ2) is 7.58. The van der Waals surface area contributed by atoms with Gasteiger partial charge in [-0.1, -0.05) is 73.4 Å². The number of para-hydroxylation sites is 2. The summed E-state index contributed by atoms with van der Waals surface area (Å²) in [6.45, 7) is 2.05. The molecule has 5 nitrogen and oxygen atoms in total. The summed E-state index contributed by atoms with van der Waals surface area (Å²) in [7, 11) is 0. The molecule has 1 aliphatic carbocycles. The van der Waals surface area contributed by atoms with Gasteiger partial charge in [0.25, 0.3) is 0 Å². The molecule has 31 heavy (non-hydrogen) atoms. The molecule has 5 rings (SSSR count). The number of aryl methyl sites for hydroxylation is 1. The van der Waals surface area contributed by atoms with Gasteiger partial charge in [-0.05, 0) is 37.5 Å². The minimum atomic E-state index is -1.27. The molecule has 2 N–H and O–H groups in total. The Morgan fingerprint density at radius 2 is 1.84 bits per heavy atom. The van der Waals surface area contributed by atoms with E-state index in [0.29, 0.717) is 10.8 Å². The minimum absolute atomic E-state index is 0.182. The number of benzene rings is 2. The number of aromatic nitrogens is 2. The van der Waals surface area contributed by atoms with Gasteiger partial charge in [0.15, 0.2) is 5.41 Å². The Morgan fingerprint density at radius 1 is 1.13 bits per heavy atom. The third kappa shape index (κ3) is 2.99. The Balaban J connectivity index is 1.71. The fraction of sp³-hybridized carbons (Fsp3) is 0.360. The maximum absolute atomic E-state index is 10.6. The number of rotatable bonds is 3. The van der Waals surface area contributed by atoms with Crippen molar-refractivity contribution in [3.63, 3.8) is 0 Å². The highest BCUT2D eigenvalue weighted by Gasteiger charge is 2.60. The van der Waals surface area contributed by atoms with Crippen LogP contribution in [0.3, 0.4) is 0 Å². The first-order chi connectivity index (χ1) is 15.1. The van der Waals surface area contributed by atoms with Crippen LogP contribution in [-0.2, 0) is 5.41 Å². The van der Waals surface area contributed by atoms with Crippen molar-refractivity contribution in [1.29, 1.82) is 10.7 Å². The third-order valence-corrected chi connectivity index (χ3v) is 7.25. The number of nitrogens with one attached hydrogen (secondary N) is 2. The molecule has 3 aromatic rings. The van der Waals surface area contributed by atoms with Crippen LogP contribution in [0.25, 0.3) is 11.0 Å². The topological polar surface area (TPSA) is 79.6 Å². The molecule has 2 aliphatic rings. The monoisotopic (exact) mass is 427 g/mol. The highest BCUT2D eigenvalue weighted by Crippen LogP contribution is 2.49. The van der Waals surface area contributed by atoms with Gasteiger partial charge >= 0.3 is 0 Å². The van der Waals surface area contributed by atoms with Crippen molar-refractivity contribution in [1.82, 2.24) is 14.9 Å². The Morgan fingerprint density at radius 3 is 2.52 bits per heavy atom. The summed E-state index contributed by atoms with van der Waals surface area (Å²) < 4.78 is 0. The standard InChI is InChI=1S/C25H25N5S/c1-16-11-13-17(14-12-16)21-22(31)30(18-7-3-2-4-8-18)23(27)25(21,15-26)24-28-19-9-5-6-10-20(19)29-24/h5-6,9-14,18,21,27H,2-4,7-8H2,1H3,(H,28,29). The molecule has 0 bridgehead atoms. The summed E-state index contributed by atoms with van der Waals surface area (Å²) in [5.41, 5.74) is 2.50. The maximum Gasteiger partial charge on any atom is 0.185 e. The fourth-order valence-corrected chi connectivity index (χ4v) is 5.73. The van der Waals surface area contributed by atoms with Crippen LogP contribution in [0.4, 0.5) is 0 Å². The van der Waals surface area contributed by atoms with Gasteiger partial charge in [-0.15, -0.1) is 0 Å². The number of hydrogen-bond donors (Lipinski definition) is 2. The molecule has 1 aromatic heterocycles. The number of hydrogen-bond acceptors (Lipinski definition) is 4. The van der Waals surface area contributed by atoms with E-state index in [1.165, 1.54) is 6.42 Å². The Labute approximate surface area is 187 Å². The van der Waals surface area contributed by atoms with E-state index < -0.39 is 11.3 Å². The maximum atomic E-state index is 10.6. The van der Waals surface area contributed by atoms with Crippen molar-refractivity contribution >= 4 is 34.1 Å². The fourth-order valence-electron chi connectivity index (χ4n) is 5.17. The molecular formula is C25H25N5S. The molecule has 2 atom stereocenters. The van der Waals surface area contributed by atoms with Crippen molar-refractivity contribution in [2.45, 2.75) is 56.4 Å². The average molecular weight is 428 g/mol. The van der Waals surface area contributed by atoms with Gasteiger partial charge in [-0.25, -0.2) is 4.98 Å². The van der Waals surface area contributed by atoms with E-state index in [0.717, 1.165) is 47.8 Å². The van der Waals surface area contributed by atoms with Crippen LogP contribution in [0.15, 0.2) is 48.5 Å². The first kappa shape index (κ1) is 19.9. The molecule has 6 heteroatoms. The molecule has 156 valence electrons. The molecule has 2 unspecified atom stereocenters. The quantitative estimate of drug-likeness (QED) is 0.551. The van der Waals surface area contributed by atoms with Gasteiger partial charge in [0.2, 0.25) is 0 Å². The molecule has 2 fully saturated rings. The summed E-state index contributed by atoms with van der Waals surface area (Å²) in [5.74, 6) is 0.340. The zero-order chi connectivity index (χ0) is 21.6. The second-order valence-corrected chi connectivity index (χ2v) is 9.13. The van der Waals surface area contributed by atoms with Crippen molar-refractivity contribution in [2.75, 3.05) is 0 Å². The first-order valence-electron chi connectivity index (χ1n) is 10.9. The molecule has 0 radical (unpaired) electrons. The summed E-state index contributed by atoms with van der Waals surface area (Å²) in [6.07, 6.45) is 5.50. The molecular weight excluding hydrogens is 402 g/mol. The van der Waals surface area contributed by atoms with Crippen molar-refractivity contribution in [3.8, 4) is 6.07 Å². The molecule has 1 saturated heterocycles. The highest BCUT2D eigenvalue weighted by atomic mass is 32.1. The number of fused-ring (bicyclic) bond motifs is 1. The number of aromatic amines is 1. The summed E-state index contributed by atoms with van der Waals surface area (Å²) in [4.78, 5) is 10.8. The highest BCUT2D eigenvalue weighted by molar-refractivity contribution is 7.80. The van der Waals surface area contributed by atoms with Crippen LogP contribution < -0.4 is 0 Å². The van der Waals surface area contributed by atoms with Gasteiger partial charge in [-0.3, -0.25) is 5.41 Å². The van der Waals surface area contributed by atoms with E-state index >= 15 is 0 Å². The number of nitriles is 1. The van der Waals surface area contributed by atoms with Crippen LogP contribution in [0.1, 0.15) is 55.0 Å². The van der Waals surface area contributed by atoms with Crippen LogP contribution in [0, 0.1) is 23.7 Å². The predicted molar refractivity (Wildman–Crippen MR) is 126 cm³/mol. The van der Waals surface area contributed by atoms with E-state index in [4.69, 9.17) is 17.2 Å². The zero-order valence-corrected chi connectivity index (χ0v) is 18.4. The Kier molecular flexibility index (Phi) is 4.86.